The van der Waals surface area contributed by atoms with Crippen molar-refractivity contribution < 1.29 is 9.85 Å². The summed E-state index contributed by atoms with van der Waals surface area (Å²) in [6.45, 7) is 5.03. The summed E-state index contributed by atoms with van der Waals surface area (Å²) >= 11 is 10.0. The smallest absolute Gasteiger partial charge is 0.298 e. The molecule has 9 nitrogen and oxygen atoms in total. The first kappa shape index (κ1) is 20.3. The molecule has 1 aromatic carbocycles. The molecule has 0 aromatic heterocycles. The van der Waals surface area contributed by atoms with Crippen LogP contribution in [0.5, 0.6) is 0 Å². The van der Waals surface area contributed by atoms with Crippen molar-refractivity contribution >= 4 is 45.8 Å². The first-order chi connectivity index (χ1) is 11.6. The maximum atomic E-state index is 11.7. The van der Waals surface area contributed by atoms with Gasteiger partial charge in [-0.15, -0.1) is 0 Å². The van der Waals surface area contributed by atoms with Crippen LogP contribution in [0.25, 0.3) is 0 Å². The highest BCUT2D eigenvalue weighted by molar-refractivity contribution is 7.81. The Kier molecular flexibility index (Phi) is 6.43. The van der Waals surface area contributed by atoms with Gasteiger partial charge in [-0.05, 0) is 20.3 Å². The van der Waals surface area contributed by atoms with Crippen LogP contribution in [0.3, 0.4) is 0 Å². The quantitative estimate of drug-likeness (QED) is 0.430. The van der Waals surface area contributed by atoms with E-state index in [2.05, 4.69) is 5.32 Å². The summed E-state index contributed by atoms with van der Waals surface area (Å²) in [6.07, 6.45) is 0.0735. The zero-order valence-electron chi connectivity index (χ0n) is 13.7. The number of nitro benzene ring substituents is 2. The lowest BCUT2D eigenvalue weighted by Gasteiger charge is -2.16. The third-order valence-electron chi connectivity index (χ3n) is 3.27. The lowest BCUT2D eigenvalue weighted by Crippen LogP contribution is -2.31. The molecule has 0 aliphatic heterocycles. The van der Waals surface area contributed by atoms with E-state index in [1.165, 1.54) is 0 Å². The van der Waals surface area contributed by atoms with Gasteiger partial charge in [0, 0.05) is 11.6 Å². The molecule has 0 heterocycles. The SMILES string of the molecule is CCc1c(C#N)c(C(N)=S)c([N+](=O)[O-])c(C(=S)NC(C)C)c1[N+](=O)[O-]. The van der Waals surface area contributed by atoms with E-state index in [0.717, 1.165) is 0 Å². The molecule has 0 aliphatic rings. The number of hydrogen-bond acceptors (Lipinski definition) is 7. The third-order valence-corrected chi connectivity index (χ3v) is 3.80. The molecule has 1 aromatic rings. The minimum Gasteiger partial charge on any atom is -0.389 e. The van der Waals surface area contributed by atoms with Crippen molar-refractivity contribution in [1.29, 1.82) is 5.26 Å². The number of rotatable bonds is 6. The summed E-state index contributed by atoms with van der Waals surface area (Å²) < 4.78 is 0. The van der Waals surface area contributed by atoms with Crippen molar-refractivity contribution in [3.05, 3.63) is 42.5 Å². The Labute approximate surface area is 154 Å². The molecule has 0 bridgehead atoms. The molecule has 0 saturated carbocycles. The van der Waals surface area contributed by atoms with Gasteiger partial charge in [0.1, 0.15) is 21.6 Å². The highest BCUT2D eigenvalue weighted by Crippen LogP contribution is 2.39. The zero-order valence-corrected chi connectivity index (χ0v) is 15.3. The van der Waals surface area contributed by atoms with Crippen LogP contribution in [0.15, 0.2) is 0 Å². The van der Waals surface area contributed by atoms with E-state index in [-0.39, 0.29) is 34.1 Å². The van der Waals surface area contributed by atoms with Crippen molar-refractivity contribution in [1.82, 2.24) is 5.32 Å². The maximum Gasteiger partial charge on any atom is 0.298 e. The predicted octanol–water partition coefficient (Wildman–Crippen LogP) is 2.24. The molecule has 0 aliphatic carbocycles. The van der Waals surface area contributed by atoms with Crippen molar-refractivity contribution in [3.63, 3.8) is 0 Å². The summed E-state index contributed by atoms with van der Waals surface area (Å²) in [7, 11) is 0. The summed E-state index contributed by atoms with van der Waals surface area (Å²) in [5.74, 6) is 0. The Morgan fingerprint density at radius 2 is 1.76 bits per heavy atom. The molecule has 0 amide bonds. The summed E-state index contributed by atoms with van der Waals surface area (Å²) in [4.78, 5) is 21.1. The van der Waals surface area contributed by atoms with Gasteiger partial charge < -0.3 is 11.1 Å². The van der Waals surface area contributed by atoms with Crippen molar-refractivity contribution in [3.8, 4) is 6.07 Å². The molecule has 132 valence electrons. The van der Waals surface area contributed by atoms with Crippen LogP contribution in [0.2, 0.25) is 0 Å². The number of nitrogens with zero attached hydrogens (tertiary/aromatic N) is 3. The van der Waals surface area contributed by atoms with Gasteiger partial charge in [0.05, 0.1) is 15.4 Å². The van der Waals surface area contributed by atoms with Crippen LogP contribution in [0.4, 0.5) is 11.4 Å². The van der Waals surface area contributed by atoms with Crippen molar-refractivity contribution in [2.75, 3.05) is 0 Å². The summed E-state index contributed by atoms with van der Waals surface area (Å²) in [5.41, 5.74) is 3.31. The fraction of sp³-hybridized carbons (Fsp3) is 0.357. The number of nitro groups is 2. The van der Waals surface area contributed by atoms with Crippen molar-refractivity contribution in [2.45, 2.75) is 33.2 Å². The van der Waals surface area contributed by atoms with Gasteiger partial charge in [-0.2, -0.15) is 5.26 Å². The second kappa shape index (κ2) is 7.91. The van der Waals surface area contributed by atoms with Gasteiger partial charge in [-0.25, -0.2) is 0 Å². The molecule has 0 unspecified atom stereocenters. The molecule has 0 fully saturated rings. The van der Waals surface area contributed by atoms with Crippen LogP contribution < -0.4 is 11.1 Å². The molecule has 25 heavy (non-hydrogen) atoms. The van der Waals surface area contributed by atoms with Gasteiger partial charge in [0.2, 0.25) is 0 Å². The standard InChI is InChI=1S/C14H15N5O4S2/c1-4-7-8(5-15)9(13(16)24)12(19(22)23)10(11(7)18(20)21)14(25)17-6(2)3/h6H,4H2,1-3H3,(H2,16,24)(H,17,25). The lowest BCUT2D eigenvalue weighted by atomic mass is 9.91. The lowest BCUT2D eigenvalue weighted by molar-refractivity contribution is -0.394. The Hall–Kier alpha value is -2.71. The minimum absolute atomic E-state index is 0.00352. The predicted molar refractivity (Wildman–Crippen MR) is 99.7 cm³/mol. The summed E-state index contributed by atoms with van der Waals surface area (Å²) in [6, 6.07) is 1.53. The second-order valence-electron chi connectivity index (χ2n) is 5.27. The van der Waals surface area contributed by atoms with Crippen LogP contribution >= 0.6 is 24.4 Å². The van der Waals surface area contributed by atoms with Crippen molar-refractivity contribution in [2.24, 2.45) is 5.73 Å². The van der Waals surface area contributed by atoms with Crippen LogP contribution in [0.1, 0.15) is 43.0 Å². The molecular weight excluding hydrogens is 366 g/mol. The highest BCUT2D eigenvalue weighted by Gasteiger charge is 2.39. The van der Waals surface area contributed by atoms with E-state index in [0.29, 0.717) is 0 Å². The first-order valence-corrected chi connectivity index (χ1v) is 7.92. The number of nitrogens with two attached hydrogens (primary N) is 1. The van der Waals surface area contributed by atoms with Gasteiger partial charge in [0.15, 0.2) is 5.56 Å². The molecule has 0 saturated heterocycles. The zero-order chi connectivity index (χ0) is 19.5. The van der Waals surface area contributed by atoms with E-state index in [1.54, 1.807) is 26.8 Å². The summed E-state index contributed by atoms with van der Waals surface area (Å²) in [5, 5.41) is 35.5. The second-order valence-corrected chi connectivity index (χ2v) is 6.12. The van der Waals surface area contributed by atoms with E-state index >= 15 is 0 Å². The fourth-order valence-electron chi connectivity index (χ4n) is 2.42. The molecule has 0 atom stereocenters. The van der Waals surface area contributed by atoms with Gasteiger partial charge in [0.25, 0.3) is 11.4 Å². The topological polar surface area (TPSA) is 148 Å². The van der Waals surface area contributed by atoms with E-state index in [4.69, 9.17) is 30.2 Å². The van der Waals surface area contributed by atoms with Gasteiger partial charge in [-0.3, -0.25) is 20.2 Å². The Bertz CT molecular complexity index is 830. The van der Waals surface area contributed by atoms with E-state index < -0.39 is 31.8 Å². The number of hydrogen-bond donors (Lipinski definition) is 2. The molecule has 0 radical (unpaired) electrons. The molecule has 11 heteroatoms. The van der Waals surface area contributed by atoms with Gasteiger partial charge >= 0.3 is 0 Å². The molecular formula is C14H15N5O4S2. The normalized spacial score (nSPS) is 10.2. The van der Waals surface area contributed by atoms with E-state index in [9.17, 15) is 25.5 Å². The maximum absolute atomic E-state index is 11.7. The molecule has 3 N–H and O–H groups in total. The van der Waals surface area contributed by atoms with E-state index in [1.807, 2.05) is 0 Å². The number of nitrogens with one attached hydrogen (secondary N) is 1. The van der Waals surface area contributed by atoms with Crippen LogP contribution in [-0.2, 0) is 6.42 Å². The van der Waals surface area contributed by atoms with Crippen LogP contribution in [-0.4, -0.2) is 25.9 Å². The third kappa shape index (κ3) is 3.86. The Morgan fingerprint density at radius 1 is 1.24 bits per heavy atom. The number of benzene rings is 1. The average Bonchev–Trinajstić information content (AvgIpc) is 2.50. The van der Waals surface area contributed by atoms with Crippen LogP contribution in [0, 0.1) is 31.6 Å². The largest absolute Gasteiger partial charge is 0.389 e. The minimum atomic E-state index is -0.856. The Balaban J connectivity index is 4.21. The molecule has 0 spiro atoms. The highest BCUT2D eigenvalue weighted by atomic mass is 32.1. The fourth-order valence-corrected chi connectivity index (χ4v) is 3.04. The number of thiocarbonyl (C=S) groups is 2. The first-order valence-electron chi connectivity index (χ1n) is 7.10. The average molecular weight is 381 g/mol. The molecule has 1 rings (SSSR count). The number of nitriles is 1. The monoisotopic (exact) mass is 381 g/mol. The Morgan fingerprint density at radius 3 is 2.08 bits per heavy atom. The van der Waals surface area contributed by atoms with Gasteiger partial charge in [-0.1, -0.05) is 31.4 Å².